The van der Waals surface area contributed by atoms with Gasteiger partial charge in [-0.1, -0.05) is 330 Å². The van der Waals surface area contributed by atoms with E-state index < -0.39 is 97.5 Å². The largest absolute Gasteiger partial charge is 0.472 e. The van der Waals surface area contributed by atoms with Crippen LogP contribution in [-0.4, -0.2) is 96.7 Å². The van der Waals surface area contributed by atoms with E-state index in [1.807, 2.05) is 0 Å². The van der Waals surface area contributed by atoms with Crippen LogP contribution in [0.15, 0.2) is 0 Å². The highest BCUT2D eigenvalue weighted by atomic mass is 31.2. The maximum Gasteiger partial charge on any atom is 0.472 e. The molecule has 93 heavy (non-hydrogen) atoms. The lowest BCUT2D eigenvalue weighted by Crippen LogP contribution is -2.30. The maximum absolute atomic E-state index is 13.1. The fourth-order valence-corrected chi connectivity index (χ4v) is 12.9. The molecule has 552 valence electrons. The van der Waals surface area contributed by atoms with Crippen molar-refractivity contribution in [1.29, 1.82) is 0 Å². The van der Waals surface area contributed by atoms with Gasteiger partial charge >= 0.3 is 39.5 Å². The van der Waals surface area contributed by atoms with Gasteiger partial charge in [0.05, 0.1) is 26.4 Å². The maximum atomic E-state index is 13.1. The summed E-state index contributed by atoms with van der Waals surface area (Å²) in [6.45, 7) is 9.56. The van der Waals surface area contributed by atoms with Gasteiger partial charge in [-0.3, -0.25) is 37.3 Å². The van der Waals surface area contributed by atoms with Crippen molar-refractivity contribution in [3.8, 4) is 0 Å². The van der Waals surface area contributed by atoms with E-state index in [-0.39, 0.29) is 25.7 Å². The minimum atomic E-state index is -4.95. The first kappa shape index (κ1) is 91.1. The van der Waals surface area contributed by atoms with Crippen molar-refractivity contribution in [2.45, 2.75) is 400 Å². The number of phosphoric acid groups is 2. The number of carbonyl (C=O) groups is 4. The van der Waals surface area contributed by atoms with Gasteiger partial charge in [0.2, 0.25) is 0 Å². The third kappa shape index (κ3) is 68.4. The summed E-state index contributed by atoms with van der Waals surface area (Å²) in [5.74, 6) is -0.583. The zero-order chi connectivity index (χ0) is 68.6. The quantitative estimate of drug-likeness (QED) is 0.0222. The number of carbonyl (C=O) groups excluding carboxylic acids is 4. The predicted octanol–water partition coefficient (Wildman–Crippen LogP) is 21.6. The van der Waals surface area contributed by atoms with Gasteiger partial charge in [0.15, 0.2) is 12.2 Å². The second-order valence-corrected chi connectivity index (χ2v) is 30.5. The average molecular weight is 1370 g/mol. The lowest BCUT2D eigenvalue weighted by atomic mass is 10.0. The minimum Gasteiger partial charge on any atom is -0.462 e. The van der Waals surface area contributed by atoms with Crippen LogP contribution in [0.4, 0.5) is 0 Å². The van der Waals surface area contributed by atoms with Crippen LogP contribution in [0.1, 0.15) is 382 Å². The van der Waals surface area contributed by atoms with Gasteiger partial charge in [-0.05, 0) is 37.5 Å². The SMILES string of the molecule is CCCCCCCCCCCCCCCCCCCC(=O)O[C@H](COC(=O)CCCCCCCCCCCCCC(C)C)COP(=O)(O)OC[C@@H](O)COP(=O)(O)OC[C@@H](COC(=O)CCCCCCCCCC)OC(=O)CCCCCCCCCCCCCC(C)C. The number of hydrogen-bond donors (Lipinski definition) is 3. The van der Waals surface area contributed by atoms with E-state index in [1.165, 1.54) is 193 Å². The third-order valence-electron chi connectivity index (χ3n) is 17.2. The van der Waals surface area contributed by atoms with Gasteiger partial charge in [0.1, 0.15) is 19.3 Å². The van der Waals surface area contributed by atoms with Crippen LogP contribution in [0.3, 0.4) is 0 Å². The molecule has 3 N–H and O–H groups in total. The smallest absolute Gasteiger partial charge is 0.462 e. The molecule has 17 nitrogen and oxygen atoms in total. The Balaban J connectivity index is 5.22. The van der Waals surface area contributed by atoms with Crippen molar-refractivity contribution in [2.75, 3.05) is 39.6 Å². The zero-order valence-electron chi connectivity index (χ0n) is 60.6. The first-order valence-corrected chi connectivity index (χ1v) is 41.5. The normalized spacial score (nSPS) is 14.1. The molecule has 0 aliphatic carbocycles. The average Bonchev–Trinajstić information content (AvgIpc) is 1.68. The number of esters is 4. The van der Waals surface area contributed by atoms with E-state index in [1.54, 1.807) is 0 Å². The molecule has 0 amide bonds. The van der Waals surface area contributed by atoms with Crippen LogP contribution in [0.5, 0.6) is 0 Å². The number of rotatable bonds is 73. The van der Waals surface area contributed by atoms with Crippen LogP contribution in [0, 0.1) is 11.8 Å². The van der Waals surface area contributed by atoms with Gasteiger partial charge in [-0.2, -0.15) is 0 Å². The fourth-order valence-electron chi connectivity index (χ4n) is 11.3. The minimum absolute atomic E-state index is 0.106. The van der Waals surface area contributed by atoms with E-state index in [4.69, 9.17) is 37.0 Å². The van der Waals surface area contributed by atoms with Gasteiger partial charge in [-0.15, -0.1) is 0 Å². The van der Waals surface area contributed by atoms with Crippen LogP contribution in [-0.2, 0) is 65.4 Å². The second kappa shape index (κ2) is 66.0. The van der Waals surface area contributed by atoms with Gasteiger partial charge < -0.3 is 33.8 Å². The molecule has 19 heteroatoms. The van der Waals surface area contributed by atoms with Crippen molar-refractivity contribution < 1.29 is 80.2 Å². The Bertz CT molecular complexity index is 1800. The molecule has 0 aromatic carbocycles. The number of unbranched alkanes of at least 4 members (excludes halogenated alkanes) is 43. The van der Waals surface area contributed by atoms with Gasteiger partial charge in [-0.25, -0.2) is 9.13 Å². The Morgan fingerprint density at radius 3 is 0.731 bits per heavy atom. The molecule has 0 saturated carbocycles. The molecule has 0 aromatic heterocycles. The summed E-state index contributed by atoms with van der Waals surface area (Å²) in [7, 11) is -9.90. The lowest BCUT2D eigenvalue weighted by Gasteiger charge is -2.21. The van der Waals surface area contributed by atoms with Crippen LogP contribution in [0.2, 0.25) is 0 Å². The summed E-state index contributed by atoms with van der Waals surface area (Å²) in [5.41, 5.74) is 0. The molecule has 0 saturated heterocycles. The van der Waals surface area contributed by atoms with Crippen molar-refractivity contribution in [3.05, 3.63) is 0 Å². The first-order chi connectivity index (χ1) is 44.9. The molecule has 0 radical (unpaired) electrons. The van der Waals surface area contributed by atoms with E-state index in [0.29, 0.717) is 25.7 Å². The van der Waals surface area contributed by atoms with Gasteiger partial charge in [0.25, 0.3) is 0 Å². The first-order valence-electron chi connectivity index (χ1n) is 38.5. The monoisotopic (exact) mass is 1370 g/mol. The highest BCUT2D eigenvalue weighted by Gasteiger charge is 2.30. The highest BCUT2D eigenvalue weighted by Crippen LogP contribution is 2.45. The molecule has 0 bridgehead atoms. The number of aliphatic hydroxyl groups is 1. The number of aliphatic hydroxyl groups excluding tert-OH is 1. The van der Waals surface area contributed by atoms with E-state index in [2.05, 4.69) is 41.5 Å². The van der Waals surface area contributed by atoms with E-state index in [9.17, 15) is 43.2 Å². The van der Waals surface area contributed by atoms with Crippen LogP contribution in [0.25, 0.3) is 0 Å². The van der Waals surface area contributed by atoms with E-state index >= 15 is 0 Å². The molecular weight excluding hydrogens is 1220 g/mol. The molecule has 0 spiro atoms. The zero-order valence-corrected chi connectivity index (χ0v) is 62.3. The van der Waals surface area contributed by atoms with E-state index in [0.717, 1.165) is 108 Å². The summed E-state index contributed by atoms with van der Waals surface area (Å²) in [4.78, 5) is 72.7. The summed E-state index contributed by atoms with van der Waals surface area (Å²) < 4.78 is 68.4. The Hall–Kier alpha value is -1.94. The number of hydrogen-bond acceptors (Lipinski definition) is 15. The Labute approximate surface area is 568 Å². The number of phosphoric ester groups is 2. The summed E-state index contributed by atoms with van der Waals surface area (Å²) >= 11 is 0. The fraction of sp³-hybridized carbons (Fsp3) is 0.946. The van der Waals surface area contributed by atoms with Crippen molar-refractivity contribution in [2.24, 2.45) is 11.8 Å². The topological polar surface area (TPSA) is 237 Å². The Morgan fingerprint density at radius 1 is 0.290 bits per heavy atom. The molecule has 0 rings (SSSR count). The molecule has 0 aromatic rings. The molecule has 0 aliphatic heterocycles. The van der Waals surface area contributed by atoms with Crippen LogP contribution >= 0.6 is 15.6 Å². The molecule has 0 heterocycles. The van der Waals surface area contributed by atoms with Crippen LogP contribution < -0.4 is 0 Å². The summed E-state index contributed by atoms with van der Waals surface area (Å²) in [6, 6.07) is 0. The third-order valence-corrected chi connectivity index (χ3v) is 19.1. The number of ether oxygens (including phenoxy) is 4. The molecule has 5 atom stereocenters. The predicted molar refractivity (Wildman–Crippen MR) is 377 cm³/mol. The molecule has 2 unspecified atom stereocenters. The standard InChI is InChI=1S/C74H144O17P2/c1-7-9-11-13-15-17-18-19-20-21-22-23-28-34-40-46-52-58-73(78)91-70(63-85-72(77)57-51-45-39-33-29-24-26-31-36-42-48-54-66(3)4)65-89-93(82,83)87-61-68(75)60-86-92(80,81)88-64-69(62-84-71(76)56-50-44-38-16-14-12-10-8-2)90-74(79)59-53-47-41-35-30-25-27-32-37-43-49-55-67(5)6/h66-70,75H,7-65H2,1-6H3,(H,80,81)(H,82,83)/t68-,69+,70+/m0/s1. The Morgan fingerprint density at radius 2 is 0.495 bits per heavy atom. The Kier molecular flexibility index (Phi) is 64.6. The molecule has 0 aliphatic rings. The molecular formula is C74H144O17P2. The molecule has 0 fully saturated rings. The lowest BCUT2D eigenvalue weighted by molar-refractivity contribution is -0.161. The van der Waals surface area contributed by atoms with Crippen molar-refractivity contribution >= 4 is 39.5 Å². The summed E-state index contributed by atoms with van der Waals surface area (Å²) in [5, 5.41) is 10.6. The second-order valence-electron chi connectivity index (χ2n) is 27.6. The van der Waals surface area contributed by atoms with Crippen molar-refractivity contribution in [3.63, 3.8) is 0 Å². The summed E-state index contributed by atoms with van der Waals surface area (Å²) in [6.07, 6.45) is 52.7. The van der Waals surface area contributed by atoms with Crippen molar-refractivity contribution in [1.82, 2.24) is 0 Å². The highest BCUT2D eigenvalue weighted by molar-refractivity contribution is 7.47. The van der Waals surface area contributed by atoms with Gasteiger partial charge in [0, 0.05) is 25.7 Å².